The molecule has 0 fully saturated rings. The van der Waals surface area contributed by atoms with Crippen molar-refractivity contribution in [1.82, 2.24) is 20.5 Å². The fraction of sp³-hybridized carbons (Fsp3) is 0.353. The van der Waals surface area contributed by atoms with Gasteiger partial charge in [-0.15, -0.1) is 5.10 Å². The van der Waals surface area contributed by atoms with Gasteiger partial charge in [-0.2, -0.15) is 0 Å². The van der Waals surface area contributed by atoms with Crippen LogP contribution in [0.2, 0.25) is 0 Å². The van der Waals surface area contributed by atoms with Crippen LogP contribution in [0.3, 0.4) is 0 Å². The number of thioether (sulfide) groups is 1. The van der Waals surface area contributed by atoms with E-state index in [1.165, 1.54) is 17.3 Å². The van der Waals surface area contributed by atoms with Gasteiger partial charge in [0.05, 0.1) is 5.75 Å². The lowest BCUT2D eigenvalue weighted by molar-refractivity contribution is -0.119. The Morgan fingerprint density at radius 1 is 1.39 bits per heavy atom. The van der Waals surface area contributed by atoms with E-state index < -0.39 is 0 Å². The summed E-state index contributed by atoms with van der Waals surface area (Å²) in [5.74, 6) is 1.01. The molecule has 1 aromatic heterocycles. The predicted octanol–water partition coefficient (Wildman–Crippen LogP) is 3.29. The molecule has 1 unspecified atom stereocenters. The molecule has 0 aliphatic rings. The Morgan fingerprint density at radius 3 is 2.91 bits per heavy atom. The lowest BCUT2D eigenvalue weighted by Gasteiger charge is -2.09. The molecule has 0 saturated heterocycles. The van der Waals surface area contributed by atoms with Crippen molar-refractivity contribution in [2.45, 2.75) is 38.4 Å². The molecule has 1 heterocycles. The average molecular weight is 330 g/mol. The molecule has 122 valence electrons. The molecular formula is C17H22N4OS. The summed E-state index contributed by atoms with van der Waals surface area (Å²) in [5.41, 5.74) is 2.35. The van der Waals surface area contributed by atoms with Gasteiger partial charge < -0.3 is 5.32 Å². The number of amides is 1. The van der Waals surface area contributed by atoms with E-state index in [1.54, 1.807) is 0 Å². The second kappa shape index (κ2) is 8.53. The highest BCUT2D eigenvalue weighted by molar-refractivity contribution is 7.99. The number of H-pyrrole nitrogens is 1. The van der Waals surface area contributed by atoms with Crippen molar-refractivity contribution in [3.8, 4) is 0 Å². The van der Waals surface area contributed by atoms with Gasteiger partial charge >= 0.3 is 0 Å². The van der Waals surface area contributed by atoms with Crippen LogP contribution in [0, 0.1) is 6.92 Å². The quantitative estimate of drug-likeness (QED) is 0.764. The van der Waals surface area contributed by atoms with Crippen LogP contribution in [0.4, 0.5) is 0 Å². The number of aryl methyl sites for hydroxylation is 1. The number of carbonyl (C=O) groups is 1. The second-order valence-electron chi connectivity index (χ2n) is 5.36. The molecule has 2 rings (SSSR count). The number of carbonyl (C=O) groups excluding carboxylic acids is 1. The Labute approximate surface area is 141 Å². The number of hydrogen-bond acceptors (Lipinski definition) is 4. The van der Waals surface area contributed by atoms with Crippen LogP contribution >= 0.6 is 11.8 Å². The largest absolute Gasteiger partial charge is 0.353 e. The number of aromatic amines is 1. The standard InChI is InChI=1S/C17H22N4OS/c1-4-13(3)18-16(22)11-23-17-19-15(20-21-17)10-9-14-8-6-5-7-12(14)2/h5-10,13H,4,11H2,1-3H3,(H,18,22)(H,19,20,21). The monoisotopic (exact) mass is 330 g/mol. The van der Waals surface area contributed by atoms with E-state index in [2.05, 4.69) is 39.6 Å². The van der Waals surface area contributed by atoms with Gasteiger partial charge in [0.25, 0.3) is 0 Å². The molecule has 1 aromatic carbocycles. The topological polar surface area (TPSA) is 70.7 Å². The third-order valence-electron chi connectivity index (χ3n) is 3.44. The number of aromatic nitrogens is 3. The smallest absolute Gasteiger partial charge is 0.230 e. The number of nitrogens with one attached hydrogen (secondary N) is 2. The summed E-state index contributed by atoms with van der Waals surface area (Å²) in [6.45, 7) is 6.10. The molecule has 0 aliphatic carbocycles. The molecule has 0 aliphatic heterocycles. The molecule has 23 heavy (non-hydrogen) atoms. The summed E-state index contributed by atoms with van der Waals surface area (Å²) in [4.78, 5) is 16.1. The van der Waals surface area contributed by atoms with Gasteiger partial charge in [-0.25, -0.2) is 4.98 Å². The third-order valence-corrected chi connectivity index (χ3v) is 4.29. The highest BCUT2D eigenvalue weighted by Crippen LogP contribution is 2.14. The molecule has 1 atom stereocenters. The highest BCUT2D eigenvalue weighted by Gasteiger charge is 2.08. The van der Waals surface area contributed by atoms with Crippen molar-refractivity contribution in [2.24, 2.45) is 0 Å². The average Bonchev–Trinajstić information content (AvgIpc) is 3.00. The van der Waals surface area contributed by atoms with Gasteiger partial charge in [0.15, 0.2) is 0 Å². The number of benzene rings is 1. The van der Waals surface area contributed by atoms with Crippen LogP contribution in [0.5, 0.6) is 0 Å². The molecule has 1 amide bonds. The Hall–Kier alpha value is -2.08. The Morgan fingerprint density at radius 2 is 2.17 bits per heavy atom. The number of hydrogen-bond donors (Lipinski definition) is 2. The highest BCUT2D eigenvalue weighted by atomic mass is 32.2. The van der Waals surface area contributed by atoms with Crippen LogP contribution in [-0.4, -0.2) is 32.9 Å². The van der Waals surface area contributed by atoms with Gasteiger partial charge in [-0.3, -0.25) is 9.89 Å². The van der Waals surface area contributed by atoms with E-state index in [9.17, 15) is 4.79 Å². The summed E-state index contributed by atoms with van der Waals surface area (Å²) < 4.78 is 0. The zero-order valence-electron chi connectivity index (χ0n) is 13.7. The molecule has 0 radical (unpaired) electrons. The van der Waals surface area contributed by atoms with E-state index in [0.29, 0.717) is 16.7 Å². The fourth-order valence-corrected chi connectivity index (χ4v) is 2.50. The van der Waals surface area contributed by atoms with Crippen LogP contribution in [0.1, 0.15) is 37.2 Å². The van der Waals surface area contributed by atoms with Crippen molar-refractivity contribution < 1.29 is 4.79 Å². The minimum Gasteiger partial charge on any atom is -0.353 e. The summed E-state index contributed by atoms with van der Waals surface area (Å²) in [7, 11) is 0. The van der Waals surface area contributed by atoms with Gasteiger partial charge in [-0.1, -0.05) is 49.0 Å². The van der Waals surface area contributed by atoms with E-state index >= 15 is 0 Å². The van der Waals surface area contributed by atoms with Crippen molar-refractivity contribution in [1.29, 1.82) is 0 Å². The minimum atomic E-state index is 0.00570. The lowest BCUT2D eigenvalue weighted by Crippen LogP contribution is -2.33. The summed E-state index contributed by atoms with van der Waals surface area (Å²) in [5, 5.41) is 10.5. The Bertz CT molecular complexity index is 681. The SMILES string of the molecule is CCC(C)NC(=O)CSc1n[nH]c(C=Cc2ccccc2C)n1. The predicted molar refractivity (Wildman–Crippen MR) is 95.1 cm³/mol. The van der Waals surface area contributed by atoms with Crippen LogP contribution in [0.15, 0.2) is 29.4 Å². The molecule has 5 nitrogen and oxygen atoms in total. The summed E-state index contributed by atoms with van der Waals surface area (Å²) >= 11 is 1.33. The normalized spacial score (nSPS) is 12.5. The molecule has 2 N–H and O–H groups in total. The zero-order chi connectivity index (χ0) is 16.7. The molecule has 6 heteroatoms. The maximum Gasteiger partial charge on any atom is 0.230 e. The first kappa shape index (κ1) is 17.3. The van der Waals surface area contributed by atoms with Gasteiger partial charge in [-0.05, 0) is 37.5 Å². The van der Waals surface area contributed by atoms with E-state index in [-0.39, 0.29) is 11.9 Å². The summed E-state index contributed by atoms with van der Waals surface area (Å²) in [6, 6.07) is 8.33. The number of rotatable bonds is 7. The number of nitrogens with zero attached hydrogens (tertiary/aromatic N) is 2. The van der Waals surface area contributed by atoms with Gasteiger partial charge in [0.1, 0.15) is 5.82 Å². The molecule has 0 spiro atoms. The lowest BCUT2D eigenvalue weighted by atomic mass is 10.1. The van der Waals surface area contributed by atoms with Crippen LogP contribution < -0.4 is 5.32 Å². The van der Waals surface area contributed by atoms with Crippen LogP contribution in [-0.2, 0) is 4.79 Å². The summed E-state index contributed by atoms with van der Waals surface area (Å²) in [6.07, 6.45) is 4.81. The maximum absolute atomic E-state index is 11.7. The Balaban J connectivity index is 1.88. The molecule has 2 aromatic rings. The van der Waals surface area contributed by atoms with E-state index in [1.807, 2.05) is 38.1 Å². The first-order chi connectivity index (χ1) is 11.1. The van der Waals surface area contributed by atoms with Crippen LogP contribution in [0.25, 0.3) is 12.2 Å². The minimum absolute atomic E-state index is 0.00570. The van der Waals surface area contributed by atoms with Crippen molar-refractivity contribution in [3.05, 3.63) is 41.2 Å². The van der Waals surface area contributed by atoms with Crippen molar-refractivity contribution in [3.63, 3.8) is 0 Å². The molecular weight excluding hydrogens is 308 g/mol. The Kier molecular flexibility index (Phi) is 6.40. The second-order valence-corrected chi connectivity index (χ2v) is 6.30. The van der Waals surface area contributed by atoms with Crippen molar-refractivity contribution in [2.75, 3.05) is 5.75 Å². The third kappa shape index (κ3) is 5.56. The van der Waals surface area contributed by atoms with E-state index in [0.717, 1.165) is 12.0 Å². The van der Waals surface area contributed by atoms with Gasteiger partial charge in [0.2, 0.25) is 11.1 Å². The fourth-order valence-electron chi connectivity index (χ4n) is 1.89. The first-order valence-electron chi connectivity index (χ1n) is 7.66. The maximum atomic E-state index is 11.7. The van der Waals surface area contributed by atoms with E-state index in [4.69, 9.17) is 0 Å². The van der Waals surface area contributed by atoms with Crippen molar-refractivity contribution >= 4 is 29.8 Å². The molecule has 0 bridgehead atoms. The molecule has 0 saturated carbocycles. The van der Waals surface area contributed by atoms with Gasteiger partial charge in [0, 0.05) is 6.04 Å². The zero-order valence-corrected chi connectivity index (χ0v) is 14.5. The first-order valence-corrected chi connectivity index (χ1v) is 8.65.